The molecule has 8 nitrogen and oxygen atoms in total. The van der Waals surface area contributed by atoms with Crippen molar-refractivity contribution in [2.45, 2.75) is 31.6 Å². The molecule has 0 radical (unpaired) electrons. The molecule has 0 aliphatic rings. The number of hydrazone groups is 1. The van der Waals surface area contributed by atoms with E-state index in [1.165, 1.54) is 25.5 Å². The number of ether oxygens (including phenoxy) is 3. The molecule has 0 atom stereocenters. The Hall–Kier alpha value is -3.85. The van der Waals surface area contributed by atoms with Crippen LogP contribution in [0.5, 0.6) is 17.2 Å². The Balaban J connectivity index is 1.64. The molecule has 0 bridgehead atoms. The van der Waals surface area contributed by atoms with Crippen molar-refractivity contribution in [2.24, 2.45) is 5.10 Å². The van der Waals surface area contributed by atoms with Gasteiger partial charge in [-0.05, 0) is 73.5 Å². The van der Waals surface area contributed by atoms with Gasteiger partial charge in [-0.25, -0.2) is 9.63 Å². The van der Waals surface area contributed by atoms with Gasteiger partial charge in [-0.2, -0.15) is 13.5 Å². The average molecular weight is 497 g/mol. The van der Waals surface area contributed by atoms with Gasteiger partial charge in [0.2, 0.25) is 0 Å². The van der Waals surface area contributed by atoms with Crippen LogP contribution in [-0.2, 0) is 10.0 Å². The number of rotatable bonds is 11. The van der Waals surface area contributed by atoms with Crippen molar-refractivity contribution in [3.8, 4) is 17.2 Å². The van der Waals surface area contributed by atoms with Crippen molar-refractivity contribution in [2.75, 3.05) is 13.7 Å². The molecule has 184 valence electrons. The molecule has 0 saturated heterocycles. The Labute approximate surface area is 205 Å². The standard InChI is InChI=1S/C26H28N2O6S/c1-4-5-16-33-22-11-9-21(10-12-22)26(29)34-24-15-8-20(17-25(24)32-3)18-27-28-35(30,31)23-13-6-19(2)7-14-23/h6-15,17-18,28H,4-5,16H2,1-3H3. The summed E-state index contributed by atoms with van der Waals surface area (Å²) in [5.41, 5.74) is 1.86. The number of carbonyl (C=O) groups excluding carboxylic acids is 1. The molecule has 0 spiro atoms. The van der Waals surface area contributed by atoms with Gasteiger partial charge >= 0.3 is 5.97 Å². The van der Waals surface area contributed by atoms with Gasteiger partial charge in [-0.15, -0.1) is 0 Å². The van der Waals surface area contributed by atoms with Gasteiger partial charge in [0, 0.05) is 0 Å². The average Bonchev–Trinajstić information content (AvgIpc) is 2.85. The van der Waals surface area contributed by atoms with Crippen LogP contribution in [0.25, 0.3) is 0 Å². The zero-order valence-electron chi connectivity index (χ0n) is 19.9. The van der Waals surface area contributed by atoms with Gasteiger partial charge in [0.05, 0.1) is 30.4 Å². The van der Waals surface area contributed by atoms with Gasteiger partial charge in [-0.3, -0.25) is 0 Å². The number of methoxy groups -OCH3 is 1. The number of benzene rings is 3. The Morgan fingerprint density at radius 3 is 2.37 bits per heavy atom. The normalized spacial score (nSPS) is 11.3. The molecule has 0 saturated carbocycles. The fourth-order valence-corrected chi connectivity index (χ4v) is 3.76. The van der Waals surface area contributed by atoms with E-state index in [-0.39, 0.29) is 10.6 Å². The smallest absolute Gasteiger partial charge is 0.343 e. The lowest BCUT2D eigenvalue weighted by atomic mass is 10.2. The molecule has 3 aromatic carbocycles. The highest BCUT2D eigenvalue weighted by Crippen LogP contribution is 2.28. The third-order valence-corrected chi connectivity index (χ3v) is 6.20. The van der Waals surface area contributed by atoms with E-state index in [1.54, 1.807) is 54.6 Å². The lowest BCUT2D eigenvalue weighted by Crippen LogP contribution is -2.18. The summed E-state index contributed by atoms with van der Waals surface area (Å²) in [6, 6.07) is 17.9. The number of carbonyl (C=O) groups is 1. The summed E-state index contributed by atoms with van der Waals surface area (Å²) >= 11 is 0. The highest BCUT2D eigenvalue weighted by atomic mass is 32.2. The number of hydrogen-bond acceptors (Lipinski definition) is 7. The Morgan fingerprint density at radius 2 is 1.71 bits per heavy atom. The molecule has 9 heteroatoms. The first-order chi connectivity index (χ1) is 16.8. The van der Waals surface area contributed by atoms with Gasteiger partial charge in [0.25, 0.3) is 10.0 Å². The predicted octanol–water partition coefficient (Wildman–Crippen LogP) is 4.71. The SMILES string of the molecule is CCCCOc1ccc(C(=O)Oc2ccc(C=NNS(=O)(=O)c3ccc(C)cc3)cc2OC)cc1. The summed E-state index contributed by atoms with van der Waals surface area (Å²) in [6.45, 7) is 4.58. The van der Waals surface area contributed by atoms with Crippen LogP contribution < -0.4 is 19.0 Å². The predicted molar refractivity (Wildman–Crippen MR) is 134 cm³/mol. The molecule has 0 amide bonds. The molecular formula is C26H28N2O6S. The molecular weight excluding hydrogens is 468 g/mol. The molecule has 0 unspecified atom stereocenters. The summed E-state index contributed by atoms with van der Waals surface area (Å²) in [6.07, 6.45) is 3.33. The second-order valence-corrected chi connectivity index (χ2v) is 9.35. The fourth-order valence-electron chi connectivity index (χ4n) is 2.97. The molecule has 0 aliphatic heterocycles. The third-order valence-electron chi connectivity index (χ3n) is 4.96. The van der Waals surface area contributed by atoms with Crippen LogP contribution in [0.1, 0.15) is 41.3 Å². The van der Waals surface area contributed by atoms with E-state index < -0.39 is 16.0 Å². The minimum atomic E-state index is -3.78. The van der Waals surface area contributed by atoms with Crippen LogP contribution in [0.2, 0.25) is 0 Å². The van der Waals surface area contributed by atoms with E-state index >= 15 is 0 Å². The number of nitrogens with zero attached hydrogens (tertiary/aromatic N) is 1. The van der Waals surface area contributed by atoms with Crippen LogP contribution in [0.4, 0.5) is 0 Å². The van der Waals surface area contributed by atoms with E-state index in [9.17, 15) is 13.2 Å². The molecule has 1 N–H and O–H groups in total. The van der Waals surface area contributed by atoms with Crippen molar-refractivity contribution in [1.82, 2.24) is 4.83 Å². The van der Waals surface area contributed by atoms with Crippen molar-refractivity contribution in [1.29, 1.82) is 0 Å². The molecule has 0 heterocycles. The van der Waals surface area contributed by atoms with Gasteiger partial charge in [0.15, 0.2) is 11.5 Å². The van der Waals surface area contributed by atoms with Crippen LogP contribution in [-0.4, -0.2) is 34.3 Å². The molecule has 3 rings (SSSR count). The molecule has 0 aromatic heterocycles. The van der Waals surface area contributed by atoms with Crippen molar-refractivity contribution in [3.63, 3.8) is 0 Å². The summed E-state index contributed by atoms with van der Waals surface area (Å²) in [7, 11) is -2.34. The maximum atomic E-state index is 12.6. The minimum Gasteiger partial charge on any atom is -0.494 e. The van der Waals surface area contributed by atoms with Crippen LogP contribution in [0, 0.1) is 6.92 Å². The van der Waals surface area contributed by atoms with Crippen LogP contribution in [0.15, 0.2) is 76.7 Å². The first-order valence-corrected chi connectivity index (χ1v) is 12.6. The van der Waals surface area contributed by atoms with E-state index in [2.05, 4.69) is 16.9 Å². The van der Waals surface area contributed by atoms with Gasteiger partial charge in [-0.1, -0.05) is 31.0 Å². The number of unbranched alkanes of at least 4 members (excludes halogenated alkanes) is 1. The Bertz CT molecular complexity index is 1270. The van der Waals surface area contributed by atoms with Crippen LogP contribution >= 0.6 is 0 Å². The fraction of sp³-hybridized carbons (Fsp3) is 0.231. The molecule has 3 aromatic rings. The maximum Gasteiger partial charge on any atom is 0.343 e. The molecule has 0 aliphatic carbocycles. The largest absolute Gasteiger partial charge is 0.494 e. The summed E-state index contributed by atoms with van der Waals surface area (Å²) in [4.78, 5) is 14.8. The van der Waals surface area contributed by atoms with Crippen molar-refractivity contribution in [3.05, 3.63) is 83.4 Å². The monoisotopic (exact) mass is 496 g/mol. The van der Waals surface area contributed by atoms with E-state index in [0.717, 1.165) is 18.4 Å². The Kier molecular flexibility index (Phi) is 8.86. The maximum absolute atomic E-state index is 12.6. The number of esters is 1. The quantitative estimate of drug-likeness (QED) is 0.136. The minimum absolute atomic E-state index is 0.112. The van der Waals surface area contributed by atoms with Gasteiger partial charge in [0.1, 0.15) is 5.75 Å². The first-order valence-electron chi connectivity index (χ1n) is 11.1. The number of aryl methyl sites for hydroxylation is 1. The van der Waals surface area contributed by atoms with E-state index in [4.69, 9.17) is 14.2 Å². The zero-order valence-corrected chi connectivity index (χ0v) is 20.7. The summed E-state index contributed by atoms with van der Waals surface area (Å²) in [5.74, 6) is 0.659. The third kappa shape index (κ3) is 7.31. The summed E-state index contributed by atoms with van der Waals surface area (Å²) < 4.78 is 41.1. The highest BCUT2D eigenvalue weighted by molar-refractivity contribution is 7.89. The van der Waals surface area contributed by atoms with Gasteiger partial charge < -0.3 is 14.2 Å². The second-order valence-electron chi connectivity index (χ2n) is 7.69. The van der Waals surface area contributed by atoms with E-state index in [0.29, 0.717) is 29.2 Å². The number of sulfonamides is 1. The molecule has 0 fully saturated rings. The lowest BCUT2D eigenvalue weighted by molar-refractivity contribution is 0.0729. The zero-order chi connectivity index (χ0) is 25.3. The van der Waals surface area contributed by atoms with Crippen molar-refractivity contribution < 1.29 is 27.4 Å². The van der Waals surface area contributed by atoms with Crippen molar-refractivity contribution >= 4 is 22.2 Å². The molecule has 35 heavy (non-hydrogen) atoms. The topological polar surface area (TPSA) is 103 Å². The van der Waals surface area contributed by atoms with Crippen LogP contribution in [0.3, 0.4) is 0 Å². The number of nitrogens with one attached hydrogen (secondary N) is 1. The lowest BCUT2D eigenvalue weighted by Gasteiger charge is -2.10. The Morgan fingerprint density at radius 1 is 1.00 bits per heavy atom. The van der Waals surface area contributed by atoms with E-state index in [1.807, 2.05) is 6.92 Å². The highest BCUT2D eigenvalue weighted by Gasteiger charge is 2.14. The summed E-state index contributed by atoms with van der Waals surface area (Å²) in [5, 5.41) is 3.82. The second kappa shape index (κ2) is 12.0. The first kappa shape index (κ1) is 25.8. The number of hydrogen-bond donors (Lipinski definition) is 1.